The van der Waals surface area contributed by atoms with Gasteiger partial charge in [-0.25, -0.2) is 0 Å². The maximum atomic E-state index is 5.50. The molecular formula is C16H22BrNOS. The summed E-state index contributed by atoms with van der Waals surface area (Å²) >= 11 is 5.43. The molecule has 1 N–H and O–H groups in total. The third-order valence-corrected chi connectivity index (χ3v) is 4.84. The number of nitrogens with one attached hydrogen (secondary N) is 1. The van der Waals surface area contributed by atoms with Crippen LogP contribution < -0.4 is 5.32 Å². The molecule has 0 saturated carbocycles. The van der Waals surface area contributed by atoms with Gasteiger partial charge in [0.2, 0.25) is 0 Å². The molecule has 20 heavy (non-hydrogen) atoms. The second-order valence-electron chi connectivity index (χ2n) is 4.94. The second-order valence-corrected chi connectivity index (χ2v) is 6.95. The molecule has 2 nitrogen and oxygen atoms in total. The van der Waals surface area contributed by atoms with Gasteiger partial charge in [0.05, 0.1) is 12.9 Å². The number of thioether (sulfide) groups is 1. The van der Waals surface area contributed by atoms with Crippen molar-refractivity contribution in [2.45, 2.75) is 37.1 Å². The monoisotopic (exact) mass is 355 g/mol. The predicted octanol–water partition coefficient (Wildman–Crippen LogP) is 4.60. The molecule has 1 unspecified atom stereocenters. The average Bonchev–Trinajstić information content (AvgIpc) is 2.48. The molecule has 2 rings (SSSR count). The normalized spacial score (nSPS) is 16.4. The third kappa shape index (κ3) is 5.15. The van der Waals surface area contributed by atoms with Gasteiger partial charge in [0.15, 0.2) is 0 Å². The predicted molar refractivity (Wildman–Crippen MR) is 90.2 cm³/mol. The molecule has 0 amide bonds. The van der Waals surface area contributed by atoms with Crippen LogP contribution in [0.5, 0.6) is 0 Å². The van der Waals surface area contributed by atoms with Crippen molar-refractivity contribution >= 4 is 27.7 Å². The first-order valence-electron chi connectivity index (χ1n) is 7.22. The van der Waals surface area contributed by atoms with Crippen molar-refractivity contribution in [1.29, 1.82) is 0 Å². The van der Waals surface area contributed by atoms with E-state index in [1.54, 1.807) is 0 Å². The number of hydrogen-bond acceptors (Lipinski definition) is 3. The fourth-order valence-electron chi connectivity index (χ4n) is 2.19. The lowest BCUT2D eigenvalue weighted by atomic mass is 10.0. The lowest BCUT2D eigenvalue weighted by Gasteiger charge is -2.24. The Balaban J connectivity index is 1.94. The van der Waals surface area contributed by atoms with Crippen LogP contribution in [0.15, 0.2) is 45.5 Å². The minimum Gasteiger partial charge on any atom is -0.501 e. The van der Waals surface area contributed by atoms with E-state index in [-0.39, 0.29) is 0 Å². The zero-order valence-electron chi connectivity index (χ0n) is 11.9. The number of ether oxygens (including phenoxy) is 1. The molecule has 4 heteroatoms. The molecule has 0 aromatic heterocycles. The standard InChI is InChI=1S/C16H22BrNOS/c1-2-8-18-16(13-5-4-9-19-11-13)12-20-15-7-3-6-14(17)10-15/h3,6-7,10-11,16,18H,2,4-5,8-9,12H2,1H3. The van der Waals surface area contributed by atoms with Crippen LogP contribution in [0.1, 0.15) is 26.2 Å². The van der Waals surface area contributed by atoms with Crippen molar-refractivity contribution in [2.24, 2.45) is 0 Å². The molecule has 1 atom stereocenters. The van der Waals surface area contributed by atoms with E-state index in [1.165, 1.54) is 10.5 Å². The van der Waals surface area contributed by atoms with Gasteiger partial charge in [-0.05, 0) is 49.6 Å². The Kier molecular flexibility index (Phi) is 6.97. The molecule has 0 fully saturated rings. The minimum atomic E-state index is 0.416. The molecule has 1 aliphatic heterocycles. The summed E-state index contributed by atoms with van der Waals surface area (Å²) in [5.74, 6) is 1.05. The molecule has 1 aliphatic rings. The summed E-state index contributed by atoms with van der Waals surface area (Å²) in [4.78, 5) is 1.31. The van der Waals surface area contributed by atoms with Gasteiger partial charge in [0.1, 0.15) is 0 Å². The fourth-order valence-corrected chi connectivity index (χ4v) is 3.82. The molecule has 0 radical (unpaired) electrons. The SMILES string of the molecule is CCCNC(CSc1cccc(Br)c1)C1=COCCC1. The molecule has 0 aliphatic carbocycles. The van der Waals surface area contributed by atoms with Crippen LogP contribution in [0.25, 0.3) is 0 Å². The van der Waals surface area contributed by atoms with Gasteiger partial charge in [-0.15, -0.1) is 11.8 Å². The highest BCUT2D eigenvalue weighted by Gasteiger charge is 2.16. The van der Waals surface area contributed by atoms with Crippen molar-refractivity contribution in [3.63, 3.8) is 0 Å². The summed E-state index contributed by atoms with van der Waals surface area (Å²) in [6, 6.07) is 8.91. The van der Waals surface area contributed by atoms with Gasteiger partial charge in [-0.3, -0.25) is 0 Å². The Labute approximate surface area is 134 Å². The van der Waals surface area contributed by atoms with E-state index >= 15 is 0 Å². The van der Waals surface area contributed by atoms with E-state index in [1.807, 2.05) is 18.0 Å². The quantitative estimate of drug-likeness (QED) is 0.722. The molecule has 1 heterocycles. The summed E-state index contributed by atoms with van der Waals surface area (Å²) < 4.78 is 6.64. The number of benzene rings is 1. The minimum absolute atomic E-state index is 0.416. The van der Waals surface area contributed by atoms with Crippen molar-refractivity contribution in [3.8, 4) is 0 Å². The highest BCUT2D eigenvalue weighted by Crippen LogP contribution is 2.25. The van der Waals surface area contributed by atoms with Gasteiger partial charge in [0.25, 0.3) is 0 Å². The Hall–Kier alpha value is -0.450. The fraction of sp³-hybridized carbons (Fsp3) is 0.500. The molecular weight excluding hydrogens is 334 g/mol. The van der Waals surface area contributed by atoms with Crippen molar-refractivity contribution in [1.82, 2.24) is 5.32 Å². The molecule has 0 bridgehead atoms. The molecule has 1 aromatic rings. The molecule has 110 valence electrons. The zero-order valence-corrected chi connectivity index (χ0v) is 14.3. The third-order valence-electron chi connectivity index (χ3n) is 3.26. The Morgan fingerprint density at radius 3 is 3.05 bits per heavy atom. The summed E-state index contributed by atoms with van der Waals surface area (Å²) in [6.45, 7) is 4.13. The van der Waals surface area contributed by atoms with Gasteiger partial charge < -0.3 is 10.1 Å². The lowest BCUT2D eigenvalue weighted by Crippen LogP contribution is -2.34. The van der Waals surface area contributed by atoms with Crippen LogP contribution in [0.3, 0.4) is 0 Å². The van der Waals surface area contributed by atoms with Crippen LogP contribution in [0.4, 0.5) is 0 Å². The van der Waals surface area contributed by atoms with Gasteiger partial charge in [-0.1, -0.05) is 28.9 Å². The van der Waals surface area contributed by atoms with Crippen LogP contribution in [0, 0.1) is 0 Å². The first-order valence-corrected chi connectivity index (χ1v) is 8.99. The number of rotatable bonds is 7. The first-order chi connectivity index (χ1) is 9.79. The summed E-state index contributed by atoms with van der Waals surface area (Å²) in [5, 5.41) is 3.64. The maximum absolute atomic E-state index is 5.50. The van der Waals surface area contributed by atoms with Gasteiger partial charge >= 0.3 is 0 Å². The Bertz CT molecular complexity index is 450. The molecule has 0 spiro atoms. The van der Waals surface area contributed by atoms with E-state index in [0.29, 0.717) is 6.04 Å². The largest absolute Gasteiger partial charge is 0.501 e. The second kappa shape index (κ2) is 8.75. The van der Waals surface area contributed by atoms with Crippen LogP contribution in [-0.4, -0.2) is 24.9 Å². The smallest absolute Gasteiger partial charge is 0.0876 e. The lowest BCUT2D eigenvalue weighted by molar-refractivity contribution is 0.220. The Morgan fingerprint density at radius 2 is 2.35 bits per heavy atom. The maximum Gasteiger partial charge on any atom is 0.0876 e. The van der Waals surface area contributed by atoms with Crippen molar-refractivity contribution in [2.75, 3.05) is 18.9 Å². The van der Waals surface area contributed by atoms with Crippen LogP contribution in [-0.2, 0) is 4.74 Å². The van der Waals surface area contributed by atoms with Crippen LogP contribution >= 0.6 is 27.7 Å². The topological polar surface area (TPSA) is 21.3 Å². The van der Waals surface area contributed by atoms with Crippen molar-refractivity contribution < 1.29 is 4.74 Å². The van der Waals surface area contributed by atoms with E-state index in [0.717, 1.165) is 42.6 Å². The summed E-state index contributed by atoms with van der Waals surface area (Å²) in [6.07, 6.45) is 5.42. The van der Waals surface area contributed by atoms with Gasteiger partial charge in [0, 0.05) is 21.2 Å². The highest BCUT2D eigenvalue weighted by atomic mass is 79.9. The summed E-state index contributed by atoms with van der Waals surface area (Å²) in [7, 11) is 0. The van der Waals surface area contributed by atoms with E-state index in [9.17, 15) is 0 Å². The Morgan fingerprint density at radius 1 is 1.45 bits per heavy atom. The van der Waals surface area contributed by atoms with Crippen LogP contribution in [0.2, 0.25) is 0 Å². The zero-order chi connectivity index (χ0) is 14.2. The first kappa shape index (κ1) is 15.9. The number of halogens is 1. The average molecular weight is 356 g/mol. The number of hydrogen-bond donors (Lipinski definition) is 1. The van der Waals surface area contributed by atoms with E-state index in [2.05, 4.69) is 52.4 Å². The van der Waals surface area contributed by atoms with Crippen molar-refractivity contribution in [3.05, 3.63) is 40.6 Å². The van der Waals surface area contributed by atoms with Gasteiger partial charge in [-0.2, -0.15) is 0 Å². The van der Waals surface area contributed by atoms with E-state index < -0.39 is 0 Å². The van der Waals surface area contributed by atoms with E-state index in [4.69, 9.17) is 4.74 Å². The summed E-state index contributed by atoms with van der Waals surface area (Å²) in [5.41, 5.74) is 1.41. The molecule has 1 aromatic carbocycles. The highest BCUT2D eigenvalue weighted by molar-refractivity contribution is 9.10. The molecule has 0 saturated heterocycles.